The Morgan fingerprint density at radius 2 is 1.88 bits per heavy atom. The molecular weight excluding hydrogens is 688 g/mol. The molecule has 49 heavy (non-hydrogen) atoms. The van der Waals surface area contributed by atoms with Gasteiger partial charge in [0.1, 0.15) is 24.1 Å². The van der Waals surface area contributed by atoms with Crippen molar-refractivity contribution in [2.75, 3.05) is 25.4 Å². The van der Waals surface area contributed by atoms with E-state index in [0.29, 0.717) is 24.7 Å². The molecule has 3 aromatic rings. The van der Waals surface area contributed by atoms with Crippen LogP contribution in [0.1, 0.15) is 19.5 Å². The quantitative estimate of drug-likeness (QED) is 0.0389. The van der Waals surface area contributed by atoms with E-state index in [1.54, 1.807) is 40.4 Å². The molecular formula is C27H36N10O10S2. The van der Waals surface area contributed by atoms with Crippen LogP contribution in [0.5, 0.6) is 5.75 Å². The number of rotatable bonds is 16. The molecule has 1 saturated heterocycles. The molecule has 2 aromatic heterocycles. The summed E-state index contributed by atoms with van der Waals surface area (Å²) in [4.78, 5) is 46.9. The third-order valence-corrected chi connectivity index (χ3v) is 8.56. The smallest absolute Gasteiger partial charge is 0.418 e. The summed E-state index contributed by atoms with van der Waals surface area (Å²) in [6.45, 7) is 3.43. The van der Waals surface area contributed by atoms with E-state index in [1.165, 1.54) is 19.2 Å². The van der Waals surface area contributed by atoms with Crippen LogP contribution in [-0.2, 0) is 47.5 Å². The Morgan fingerprint density at radius 3 is 2.41 bits per heavy atom. The zero-order valence-electron chi connectivity index (χ0n) is 26.5. The van der Waals surface area contributed by atoms with Crippen LogP contribution in [-0.4, -0.2) is 98.1 Å². The fourth-order valence-corrected chi connectivity index (χ4v) is 5.71. The zero-order chi connectivity index (χ0) is 36.3. The number of carboxylic acids is 1. The summed E-state index contributed by atoms with van der Waals surface area (Å²) in [6, 6.07) is 5.32. The average Bonchev–Trinajstić information content (AvgIpc) is 3.60. The standard InChI is InChI=1S/C27H36N10O10S2/c1-27(2)21(23(39)37(27)47-49(42,43)44)33-22(38)20(17-13-48-25(30)32-17)34-46-19(24(40)41)12-45-16-6-4-15(5-7-16)18-11-36(26(31)35(18)3)10-14(8-28)9-29/h4-7,11,13-14,19,21,31H,8-10,12,28-29H2,1-3H3,(H2,30,32)(H,33,38)(H,40,41)(H,42,43,44)/b31-26?,34-20-. The van der Waals surface area contributed by atoms with E-state index in [4.69, 9.17) is 36.7 Å². The number of hydrogen-bond acceptors (Lipinski definition) is 15. The van der Waals surface area contributed by atoms with Gasteiger partial charge >= 0.3 is 16.4 Å². The number of nitrogens with zero attached hydrogens (tertiary/aromatic N) is 5. The van der Waals surface area contributed by atoms with Crippen molar-refractivity contribution in [3.05, 3.63) is 47.2 Å². The van der Waals surface area contributed by atoms with Crippen LogP contribution in [0.3, 0.4) is 0 Å². The molecule has 22 heteroatoms. The van der Waals surface area contributed by atoms with Gasteiger partial charge in [-0.1, -0.05) is 5.16 Å². The van der Waals surface area contributed by atoms with Crippen molar-refractivity contribution in [2.24, 2.45) is 29.6 Å². The predicted molar refractivity (Wildman–Crippen MR) is 173 cm³/mol. The van der Waals surface area contributed by atoms with Gasteiger partial charge in [-0.2, -0.15) is 13.5 Å². The first kappa shape index (κ1) is 37.0. The molecule has 20 nitrogen and oxygen atoms in total. The van der Waals surface area contributed by atoms with Gasteiger partial charge in [-0.05, 0) is 56.8 Å². The Balaban J connectivity index is 1.46. The molecule has 0 saturated carbocycles. The van der Waals surface area contributed by atoms with Gasteiger partial charge in [0.25, 0.3) is 17.9 Å². The van der Waals surface area contributed by atoms with E-state index >= 15 is 0 Å². The number of hydroxylamine groups is 2. The average molecular weight is 725 g/mol. The van der Waals surface area contributed by atoms with Gasteiger partial charge in [-0.15, -0.1) is 15.6 Å². The number of imidazole rings is 1. The number of oxime groups is 1. The number of carboxylic acid groups (broad SMARTS) is 1. The van der Waals surface area contributed by atoms with E-state index in [0.717, 1.165) is 22.6 Å². The number of anilines is 1. The Labute approximate surface area is 283 Å². The van der Waals surface area contributed by atoms with E-state index in [1.807, 2.05) is 6.20 Å². The molecule has 1 aromatic carbocycles. The number of carbonyl (C=O) groups is 3. The first-order valence-electron chi connectivity index (χ1n) is 14.4. The molecule has 1 fully saturated rings. The topological polar surface area (TPSA) is 306 Å². The van der Waals surface area contributed by atoms with Gasteiger partial charge < -0.3 is 46.3 Å². The number of nitrogens with two attached hydrogens (primary N) is 3. The second-order valence-electron chi connectivity index (χ2n) is 11.4. The summed E-state index contributed by atoms with van der Waals surface area (Å²) in [5.41, 5.74) is 16.9. The number of aromatic nitrogens is 3. The van der Waals surface area contributed by atoms with Gasteiger partial charge in [-0.25, -0.2) is 9.78 Å². The van der Waals surface area contributed by atoms with Crippen molar-refractivity contribution in [3.63, 3.8) is 0 Å². The van der Waals surface area contributed by atoms with Crippen molar-refractivity contribution < 1.29 is 46.3 Å². The van der Waals surface area contributed by atoms with Crippen molar-refractivity contribution in [2.45, 2.75) is 38.1 Å². The number of benzene rings is 1. The number of hydrogen-bond donors (Lipinski definition) is 7. The molecule has 0 spiro atoms. The Bertz CT molecular complexity index is 1900. The van der Waals surface area contributed by atoms with Gasteiger partial charge in [0.05, 0.1) is 11.2 Å². The van der Waals surface area contributed by atoms with Crippen LogP contribution in [0.2, 0.25) is 0 Å². The number of amides is 2. The molecule has 4 rings (SSSR count). The van der Waals surface area contributed by atoms with Crippen molar-refractivity contribution in [1.82, 2.24) is 24.5 Å². The minimum atomic E-state index is -5.03. The van der Waals surface area contributed by atoms with Crippen LogP contribution in [0.25, 0.3) is 11.3 Å². The molecule has 0 radical (unpaired) electrons. The third-order valence-electron chi connectivity index (χ3n) is 7.55. The lowest BCUT2D eigenvalue weighted by Gasteiger charge is -2.50. The molecule has 0 bridgehead atoms. The zero-order valence-corrected chi connectivity index (χ0v) is 28.1. The Hall–Kier alpha value is -4.87. The predicted octanol–water partition coefficient (Wildman–Crippen LogP) is -1.36. The highest BCUT2D eigenvalue weighted by Crippen LogP contribution is 2.33. The van der Waals surface area contributed by atoms with Gasteiger partial charge in [-0.3, -0.25) is 19.6 Å². The molecule has 2 unspecified atom stereocenters. The second-order valence-corrected chi connectivity index (χ2v) is 13.3. The Kier molecular flexibility index (Phi) is 11.1. The maximum absolute atomic E-state index is 13.2. The number of nitrogens with one attached hydrogen (secondary N) is 2. The van der Waals surface area contributed by atoms with Crippen molar-refractivity contribution >= 4 is 50.4 Å². The number of nitrogen functional groups attached to an aromatic ring is 1. The molecule has 1 aliphatic heterocycles. The summed E-state index contributed by atoms with van der Waals surface area (Å²) in [5, 5.41) is 26.0. The number of β-lactam (4-membered cyclic amide) rings is 1. The van der Waals surface area contributed by atoms with Crippen LogP contribution < -0.4 is 32.9 Å². The second kappa shape index (κ2) is 14.7. The summed E-state index contributed by atoms with van der Waals surface area (Å²) >= 11 is 0.947. The van der Waals surface area contributed by atoms with E-state index in [9.17, 15) is 27.9 Å². The molecule has 2 atom stereocenters. The maximum atomic E-state index is 13.2. The largest absolute Gasteiger partial charge is 0.489 e. The van der Waals surface area contributed by atoms with Gasteiger partial charge in [0.2, 0.25) is 5.62 Å². The van der Waals surface area contributed by atoms with Crippen LogP contribution in [0.4, 0.5) is 5.13 Å². The van der Waals surface area contributed by atoms with Crippen LogP contribution in [0.15, 0.2) is 41.0 Å². The summed E-state index contributed by atoms with van der Waals surface area (Å²) in [6.07, 6.45) is 0.104. The van der Waals surface area contributed by atoms with Gasteiger partial charge in [0.15, 0.2) is 10.8 Å². The monoisotopic (exact) mass is 724 g/mol. The highest BCUT2D eigenvalue weighted by molar-refractivity contribution is 7.80. The summed E-state index contributed by atoms with van der Waals surface area (Å²) in [7, 11) is -3.28. The first-order chi connectivity index (χ1) is 23.0. The highest BCUT2D eigenvalue weighted by Gasteiger charge is 2.58. The first-order valence-corrected chi connectivity index (χ1v) is 16.6. The van der Waals surface area contributed by atoms with Crippen molar-refractivity contribution in [3.8, 4) is 17.0 Å². The lowest BCUT2D eigenvalue weighted by Crippen LogP contribution is -2.76. The summed E-state index contributed by atoms with van der Waals surface area (Å²) in [5.74, 6) is -3.22. The fraction of sp³-hybridized carbons (Fsp3) is 0.407. The molecule has 0 aliphatic carbocycles. The number of carbonyl (C=O) groups excluding carboxylic acids is 2. The molecule has 10 N–H and O–H groups in total. The van der Waals surface area contributed by atoms with E-state index < -0.39 is 58.2 Å². The normalized spacial score (nSPS) is 16.7. The number of thiazole rings is 1. The van der Waals surface area contributed by atoms with Crippen molar-refractivity contribution in [1.29, 1.82) is 5.41 Å². The molecule has 1 aliphatic rings. The molecule has 266 valence electrons. The van der Waals surface area contributed by atoms with Crippen LogP contribution in [0, 0.1) is 11.3 Å². The minimum absolute atomic E-state index is 0.0136. The lowest BCUT2D eigenvalue weighted by atomic mass is 9.84. The SMILES string of the molecule is Cn1c(-c2ccc(OCC(O/N=C(\C(=O)NC3C(=O)N(OS(=O)(=O)O)C3(C)C)c3csc(N)n3)C(=O)O)cc2)cn(CC(CN)CN)c1=N. The minimum Gasteiger partial charge on any atom is -0.489 e. The maximum Gasteiger partial charge on any atom is 0.418 e. The van der Waals surface area contributed by atoms with Gasteiger partial charge in [0, 0.05) is 31.1 Å². The highest BCUT2D eigenvalue weighted by atomic mass is 32.3. The van der Waals surface area contributed by atoms with E-state index in [2.05, 4.69) is 19.7 Å². The molecule has 2 amide bonds. The third kappa shape index (κ3) is 8.41. The Morgan fingerprint density at radius 1 is 1.22 bits per heavy atom. The lowest BCUT2D eigenvalue weighted by molar-refractivity contribution is -0.218. The van der Waals surface area contributed by atoms with Crippen LogP contribution >= 0.6 is 11.3 Å². The number of aliphatic carboxylic acids is 1. The number of ether oxygens (including phenoxy) is 1. The summed E-state index contributed by atoms with van der Waals surface area (Å²) < 4.78 is 44.5. The van der Waals surface area contributed by atoms with E-state index in [-0.39, 0.29) is 28.1 Å². The molecule has 3 heterocycles. The fourth-order valence-electron chi connectivity index (χ4n) is 4.71.